The summed E-state index contributed by atoms with van der Waals surface area (Å²) in [6, 6.07) is 15.0. The first-order valence-electron chi connectivity index (χ1n) is 8.21. The van der Waals surface area contributed by atoms with Crippen molar-refractivity contribution in [1.82, 2.24) is 0 Å². The molecule has 0 fully saturated rings. The van der Waals surface area contributed by atoms with Crippen LogP contribution in [0.3, 0.4) is 0 Å². The highest BCUT2D eigenvalue weighted by atomic mass is 19.1. The Morgan fingerprint density at radius 3 is 2.28 bits per heavy atom. The van der Waals surface area contributed by atoms with Crippen molar-refractivity contribution in [3.63, 3.8) is 0 Å². The molecule has 0 bridgehead atoms. The Bertz CT molecular complexity index is 849. The first kappa shape index (κ1) is 17.1. The summed E-state index contributed by atoms with van der Waals surface area (Å²) >= 11 is 0. The molecule has 1 aliphatic rings. The molecule has 0 saturated heterocycles. The molecule has 3 rings (SSSR count). The summed E-state index contributed by atoms with van der Waals surface area (Å²) in [6.45, 7) is 3.90. The number of allylic oxidation sites excluding steroid dienone is 2. The number of carbonyl (C=O) groups excluding carboxylic acids is 1. The third-order valence-electron chi connectivity index (χ3n) is 4.20. The molecule has 0 amide bonds. The van der Waals surface area contributed by atoms with E-state index < -0.39 is 0 Å². The predicted octanol–water partition coefficient (Wildman–Crippen LogP) is 5.15. The molecule has 1 aliphatic carbocycles. The van der Waals surface area contributed by atoms with E-state index in [4.69, 9.17) is 0 Å². The maximum Gasteiger partial charge on any atom is 0.168 e. The second kappa shape index (κ2) is 6.63. The zero-order valence-corrected chi connectivity index (χ0v) is 14.3. The fraction of sp³-hybridized carbons (Fsp3) is 0.238. The molecular weight excluding hydrogens is 317 g/mol. The summed E-state index contributed by atoms with van der Waals surface area (Å²) in [6.07, 6.45) is 0.741. The maximum absolute atomic E-state index is 13.3. The maximum atomic E-state index is 13.3. The molecule has 2 aromatic rings. The minimum atomic E-state index is -0.364. The molecule has 0 atom stereocenters. The molecule has 128 valence electrons. The van der Waals surface area contributed by atoms with Crippen molar-refractivity contribution in [3.05, 3.63) is 77.3 Å². The minimum absolute atomic E-state index is 0.0419. The SMILES string of the molecule is CC1(C)CC(=O)C(C(=Nc2ccccc2)c2ccc(F)cc2)=C(O)C1. The van der Waals surface area contributed by atoms with Crippen molar-refractivity contribution in [2.45, 2.75) is 26.7 Å². The lowest BCUT2D eigenvalue weighted by atomic mass is 9.75. The van der Waals surface area contributed by atoms with Crippen LogP contribution in [-0.4, -0.2) is 16.6 Å². The lowest BCUT2D eigenvalue weighted by Crippen LogP contribution is -2.29. The van der Waals surface area contributed by atoms with E-state index in [1.807, 2.05) is 44.2 Å². The molecule has 0 radical (unpaired) electrons. The van der Waals surface area contributed by atoms with Gasteiger partial charge in [0.25, 0.3) is 0 Å². The van der Waals surface area contributed by atoms with Crippen molar-refractivity contribution < 1.29 is 14.3 Å². The molecule has 1 N–H and O–H groups in total. The number of para-hydroxylation sites is 1. The van der Waals surface area contributed by atoms with Crippen molar-refractivity contribution in [3.8, 4) is 0 Å². The van der Waals surface area contributed by atoms with E-state index >= 15 is 0 Å². The van der Waals surface area contributed by atoms with Gasteiger partial charge in [-0.15, -0.1) is 0 Å². The van der Waals surface area contributed by atoms with Crippen LogP contribution in [0.5, 0.6) is 0 Å². The molecule has 2 aromatic carbocycles. The molecule has 0 unspecified atom stereocenters. The number of aliphatic hydroxyl groups is 1. The highest BCUT2D eigenvalue weighted by Crippen LogP contribution is 2.37. The standard InChI is InChI=1S/C21H20FNO2/c1-21(2)12-17(24)19(18(25)13-21)20(14-8-10-15(22)11-9-14)23-16-6-4-3-5-7-16/h3-11,24H,12-13H2,1-2H3. The largest absolute Gasteiger partial charge is 0.511 e. The van der Waals surface area contributed by atoms with Crippen molar-refractivity contribution in [1.29, 1.82) is 0 Å². The van der Waals surface area contributed by atoms with Gasteiger partial charge in [0.05, 0.1) is 17.0 Å². The van der Waals surface area contributed by atoms with E-state index in [1.165, 1.54) is 12.1 Å². The summed E-state index contributed by atoms with van der Waals surface area (Å²) < 4.78 is 13.3. The zero-order chi connectivity index (χ0) is 18.0. The summed E-state index contributed by atoms with van der Waals surface area (Å²) in [4.78, 5) is 17.3. The topological polar surface area (TPSA) is 49.7 Å². The van der Waals surface area contributed by atoms with Crippen LogP contribution in [0.15, 0.2) is 70.9 Å². The molecule has 0 saturated carbocycles. The lowest BCUT2D eigenvalue weighted by Gasteiger charge is -2.30. The van der Waals surface area contributed by atoms with Gasteiger partial charge in [-0.25, -0.2) is 9.38 Å². The van der Waals surface area contributed by atoms with Crippen LogP contribution in [0, 0.1) is 11.2 Å². The molecular formula is C21H20FNO2. The fourth-order valence-corrected chi connectivity index (χ4v) is 3.06. The number of hydrogen-bond donors (Lipinski definition) is 1. The van der Waals surface area contributed by atoms with Gasteiger partial charge in [-0.3, -0.25) is 4.79 Å². The Morgan fingerprint density at radius 2 is 1.68 bits per heavy atom. The van der Waals surface area contributed by atoms with E-state index in [1.54, 1.807) is 12.1 Å². The van der Waals surface area contributed by atoms with E-state index in [2.05, 4.69) is 4.99 Å². The number of Topliss-reactive ketones (excluding diaryl/α,β-unsaturated/α-hetero) is 1. The van der Waals surface area contributed by atoms with Gasteiger partial charge in [0.1, 0.15) is 11.6 Å². The second-order valence-electron chi connectivity index (χ2n) is 7.07. The molecule has 0 aliphatic heterocycles. The number of carbonyl (C=O) groups is 1. The van der Waals surface area contributed by atoms with Crippen LogP contribution in [0.2, 0.25) is 0 Å². The number of aliphatic hydroxyl groups excluding tert-OH is 1. The smallest absolute Gasteiger partial charge is 0.168 e. The summed E-state index contributed by atoms with van der Waals surface area (Å²) in [5, 5.41) is 10.5. The van der Waals surface area contributed by atoms with Gasteiger partial charge < -0.3 is 5.11 Å². The van der Waals surface area contributed by atoms with E-state index in [0.717, 1.165) is 0 Å². The second-order valence-corrected chi connectivity index (χ2v) is 7.07. The fourth-order valence-electron chi connectivity index (χ4n) is 3.06. The Morgan fingerprint density at radius 1 is 1.04 bits per heavy atom. The quantitative estimate of drug-likeness (QED) is 0.788. The zero-order valence-electron chi connectivity index (χ0n) is 14.3. The lowest BCUT2D eigenvalue weighted by molar-refractivity contribution is -0.117. The van der Waals surface area contributed by atoms with Crippen LogP contribution < -0.4 is 0 Å². The first-order chi connectivity index (χ1) is 11.9. The number of benzene rings is 2. The van der Waals surface area contributed by atoms with Gasteiger partial charge in [0, 0.05) is 18.4 Å². The third-order valence-corrected chi connectivity index (χ3v) is 4.20. The van der Waals surface area contributed by atoms with Crippen molar-refractivity contribution >= 4 is 17.2 Å². The van der Waals surface area contributed by atoms with Gasteiger partial charge in [-0.1, -0.05) is 32.0 Å². The average molecular weight is 337 g/mol. The Hall–Kier alpha value is -2.75. The van der Waals surface area contributed by atoms with Gasteiger partial charge in [0.2, 0.25) is 0 Å². The van der Waals surface area contributed by atoms with Crippen LogP contribution in [0.4, 0.5) is 10.1 Å². The minimum Gasteiger partial charge on any atom is -0.511 e. The summed E-state index contributed by atoms with van der Waals surface area (Å²) in [7, 11) is 0. The van der Waals surface area contributed by atoms with Gasteiger partial charge in [0.15, 0.2) is 5.78 Å². The Labute approximate surface area is 146 Å². The van der Waals surface area contributed by atoms with Crippen LogP contribution in [-0.2, 0) is 4.79 Å². The Kier molecular flexibility index (Phi) is 4.53. The molecule has 0 heterocycles. The highest BCUT2D eigenvalue weighted by Gasteiger charge is 2.35. The predicted molar refractivity (Wildman–Crippen MR) is 96.7 cm³/mol. The number of hydrogen-bond acceptors (Lipinski definition) is 3. The van der Waals surface area contributed by atoms with Crippen LogP contribution >= 0.6 is 0 Å². The normalized spacial score (nSPS) is 17.7. The number of aliphatic imine (C=N–C) groups is 1. The highest BCUT2D eigenvalue weighted by molar-refractivity contribution is 6.29. The summed E-state index contributed by atoms with van der Waals surface area (Å²) in [5.41, 5.74) is 1.59. The van der Waals surface area contributed by atoms with E-state index in [0.29, 0.717) is 29.8 Å². The first-order valence-corrected chi connectivity index (χ1v) is 8.21. The van der Waals surface area contributed by atoms with Crippen LogP contribution in [0.25, 0.3) is 0 Å². The van der Waals surface area contributed by atoms with Gasteiger partial charge in [-0.2, -0.15) is 0 Å². The number of rotatable bonds is 3. The molecule has 4 heteroatoms. The summed E-state index contributed by atoms with van der Waals surface area (Å²) in [5.74, 6) is -0.467. The van der Waals surface area contributed by atoms with E-state index in [-0.39, 0.29) is 28.3 Å². The number of halogens is 1. The van der Waals surface area contributed by atoms with Gasteiger partial charge >= 0.3 is 0 Å². The Balaban J connectivity index is 2.16. The molecule has 0 aromatic heterocycles. The van der Waals surface area contributed by atoms with Gasteiger partial charge in [-0.05, 0) is 41.8 Å². The van der Waals surface area contributed by atoms with Crippen molar-refractivity contribution in [2.75, 3.05) is 0 Å². The van der Waals surface area contributed by atoms with Crippen molar-refractivity contribution in [2.24, 2.45) is 10.4 Å². The molecule has 0 spiro atoms. The average Bonchev–Trinajstić information content (AvgIpc) is 2.54. The third kappa shape index (κ3) is 3.85. The van der Waals surface area contributed by atoms with E-state index in [9.17, 15) is 14.3 Å². The molecule has 25 heavy (non-hydrogen) atoms. The monoisotopic (exact) mass is 337 g/mol. The molecule has 3 nitrogen and oxygen atoms in total. The number of ketones is 1. The number of nitrogens with zero attached hydrogens (tertiary/aromatic N) is 1. The van der Waals surface area contributed by atoms with Crippen LogP contribution in [0.1, 0.15) is 32.3 Å².